The molecular weight excluding hydrogens is 379 g/mol. The minimum absolute atomic E-state index is 0.119. The van der Waals surface area contributed by atoms with Gasteiger partial charge in [-0.2, -0.15) is 5.10 Å². The predicted molar refractivity (Wildman–Crippen MR) is 101 cm³/mol. The Balaban J connectivity index is 2.34. The molecule has 0 spiro atoms. The van der Waals surface area contributed by atoms with E-state index in [0.29, 0.717) is 17.1 Å². The fourth-order valence-corrected chi connectivity index (χ4v) is 2.58. The Morgan fingerprint density at radius 3 is 2.54 bits per heavy atom. The lowest BCUT2D eigenvalue weighted by atomic mass is 10.2. The monoisotopic (exact) mass is 398 g/mol. The number of halogens is 2. The first-order chi connectivity index (χ1) is 12.0. The zero-order valence-corrected chi connectivity index (χ0v) is 16.6. The van der Waals surface area contributed by atoms with Crippen LogP contribution >= 0.6 is 23.2 Å². The van der Waals surface area contributed by atoms with Crippen molar-refractivity contribution >= 4 is 35.2 Å². The Bertz CT molecular complexity index is 867. The second-order valence-electron chi connectivity index (χ2n) is 6.63. The lowest BCUT2D eigenvalue weighted by Gasteiger charge is -2.17. The normalized spacial score (nSPS) is 11.8. The van der Waals surface area contributed by atoms with Crippen LogP contribution in [0.15, 0.2) is 18.2 Å². The molecule has 0 saturated heterocycles. The summed E-state index contributed by atoms with van der Waals surface area (Å²) >= 11 is 11.9. The Labute approximate surface area is 161 Å². The molecule has 0 unspecified atom stereocenters. The number of esters is 1. The second kappa shape index (κ2) is 7.60. The molecule has 1 aromatic heterocycles. The highest BCUT2D eigenvalue weighted by atomic mass is 35.5. The summed E-state index contributed by atoms with van der Waals surface area (Å²) in [5.74, 6) is -0.0703. The van der Waals surface area contributed by atoms with Gasteiger partial charge < -0.3 is 14.6 Å². The summed E-state index contributed by atoms with van der Waals surface area (Å²) in [6.45, 7) is 7.15. The highest BCUT2D eigenvalue weighted by Gasteiger charge is 2.18. The van der Waals surface area contributed by atoms with Gasteiger partial charge in [-0.15, -0.1) is 0 Å². The van der Waals surface area contributed by atoms with Gasteiger partial charge in [-0.25, -0.2) is 9.48 Å². The molecule has 0 bridgehead atoms. The number of phenols is 1. The number of hydrogen-bond donors (Lipinski definition) is 1. The fraction of sp³-hybridized carbons (Fsp3) is 0.333. The lowest BCUT2D eigenvalue weighted by Crippen LogP contribution is -2.22. The summed E-state index contributed by atoms with van der Waals surface area (Å²) in [4.78, 5) is 11.9. The molecule has 6 nitrogen and oxygen atoms in total. The zero-order chi connectivity index (χ0) is 19.6. The van der Waals surface area contributed by atoms with Crippen LogP contribution in [0.25, 0.3) is 6.08 Å². The summed E-state index contributed by atoms with van der Waals surface area (Å²) < 4.78 is 12.6. The van der Waals surface area contributed by atoms with Crippen LogP contribution in [0.4, 0.5) is 0 Å². The van der Waals surface area contributed by atoms with Gasteiger partial charge in [-0.3, -0.25) is 0 Å². The van der Waals surface area contributed by atoms with E-state index >= 15 is 0 Å². The second-order valence-corrected chi connectivity index (χ2v) is 7.45. The fourth-order valence-electron chi connectivity index (χ4n) is 2.15. The van der Waals surface area contributed by atoms with E-state index in [-0.39, 0.29) is 21.5 Å². The SMILES string of the molecule is Cc1nn(C)c(Oc2cc(O)c(Cl)cc2Cl)c1/C=C/C(=O)OC(C)(C)C. The van der Waals surface area contributed by atoms with Crippen LogP contribution in [0.5, 0.6) is 17.4 Å². The molecule has 0 fully saturated rings. The van der Waals surface area contributed by atoms with Gasteiger partial charge >= 0.3 is 5.97 Å². The minimum atomic E-state index is -0.584. The number of aryl methyl sites for hydroxylation is 2. The van der Waals surface area contributed by atoms with Crippen molar-refractivity contribution in [2.24, 2.45) is 7.05 Å². The van der Waals surface area contributed by atoms with Gasteiger partial charge in [0.25, 0.3) is 0 Å². The first kappa shape index (κ1) is 20.1. The lowest BCUT2D eigenvalue weighted by molar-refractivity contribution is -0.148. The van der Waals surface area contributed by atoms with E-state index < -0.39 is 11.6 Å². The maximum absolute atomic E-state index is 11.9. The van der Waals surface area contributed by atoms with Crippen LogP contribution in [0.2, 0.25) is 10.0 Å². The standard InChI is InChI=1S/C18H20Cl2N2O4/c1-10-11(6-7-16(24)26-18(2,3)4)17(22(5)21-10)25-15-9-14(23)12(19)8-13(15)20/h6-9,23H,1-5H3/b7-6+. The molecule has 0 aliphatic rings. The summed E-state index contributed by atoms with van der Waals surface area (Å²) in [5.41, 5.74) is 0.652. The summed E-state index contributed by atoms with van der Waals surface area (Å²) in [7, 11) is 1.69. The van der Waals surface area contributed by atoms with E-state index in [0.717, 1.165) is 0 Å². The Hall–Kier alpha value is -2.18. The molecule has 2 rings (SSSR count). The number of nitrogens with zero attached hydrogens (tertiary/aromatic N) is 2. The van der Waals surface area contributed by atoms with Crippen LogP contribution < -0.4 is 4.74 Å². The van der Waals surface area contributed by atoms with E-state index in [1.165, 1.54) is 22.9 Å². The molecule has 0 aliphatic heterocycles. The topological polar surface area (TPSA) is 73.6 Å². The molecule has 0 amide bonds. The smallest absolute Gasteiger partial charge is 0.331 e. The summed E-state index contributed by atoms with van der Waals surface area (Å²) in [5, 5.41) is 14.4. The first-order valence-electron chi connectivity index (χ1n) is 7.78. The largest absolute Gasteiger partial charge is 0.506 e. The van der Waals surface area contributed by atoms with Crippen molar-refractivity contribution in [3.8, 4) is 17.4 Å². The van der Waals surface area contributed by atoms with Gasteiger partial charge in [0, 0.05) is 19.2 Å². The number of phenolic OH excluding ortho intramolecular Hbond substituents is 1. The summed E-state index contributed by atoms with van der Waals surface area (Å²) in [6, 6.07) is 2.70. The van der Waals surface area contributed by atoms with E-state index in [9.17, 15) is 9.90 Å². The minimum Gasteiger partial charge on any atom is -0.506 e. The maximum Gasteiger partial charge on any atom is 0.331 e. The van der Waals surface area contributed by atoms with Crippen LogP contribution in [0, 0.1) is 6.92 Å². The van der Waals surface area contributed by atoms with Crippen molar-refractivity contribution in [3.63, 3.8) is 0 Å². The van der Waals surface area contributed by atoms with Gasteiger partial charge in [0.05, 0.1) is 21.3 Å². The van der Waals surface area contributed by atoms with E-state index in [1.807, 2.05) is 0 Å². The number of rotatable bonds is 4. The molecule has 0 aliphatic carbocycles. The van der Waals surface area contributed by atoms with Gasteiger partial charge in [0.2, 0.25) is 5.88 Å². The van der Waals surface area contributed by atoms with Crippen LogP contribution in [-0.2, 0) is 16.6 Å². The number of benzene rings is 1. The van der Waals surface area contributed by atoms with Crippen LogP contribution in [0.3, 0.4) is 0 Å². The molecule has 140 valence electrons. The molecule has 1 aromatic carbocycles. The molecule has 26 heavy (non-hydrogen) atoms. The van der Waals surface area contributed by atoms with Gasteiger partial charge in [-0.05, 0) is 39.8 Å². The highest BCUT2D eigenvalue weighted by molar-refractivity contribution is 6.36. The Morgan fingerprint density at radius 1 is 1.27 bits per heavy atom. The van der Waals surface area contributed by atoms with Crippen molar-refractivity contribution in [2.45, 2.75) is 33.3 Å². The van der Waals surface area contributed by atoms with E-state index in [2.05, 4.69) is 5.10 Å². The number of aromatic nitrogens is 2. The Kier molecular flexibility index (Phi) is 5.88. The zero-order valence-electron chi connectivity index (χ0n) is 15.1. The maximum atomic E-state index is 11.9. The highest BCUT2D eigenvalue weighted by Crippen LogP contribution is 2.38. The predicted octanol–water partition coefficient (Wildman–Crippen LogP) is 4.89. The third kappa shape index (κ3) is 4.93. The van der Waals surface area contributed by atoms with Crippen molar-refractivity contribution in [1.29, 1.82) is 0 Å². The van der Waals surface area contributed by atoms with Crippen LogP contribution in [-0.4, -0.2) is 26.5 Å². The number of aromatic hydroxyl groups is 1. The van der Waals surface area contributed by atoms with Crippen LogP contribution in [0.1, 0.15) is 32.0 Å². The van der Waals surface area contributed by atoms with E-state index in [1.54, 1.807) is 40.8 Å². The molecule has 1 N–H and O–H groups in total. The third-order valence-corrected chi connectivity index (χ3v) is 3.81. The molecule has 0 atom stereocenters. The quantitative estimate of drug-likeness (QED) is 0.586. The first-order valence-corrected chi connectivity index (χ1v) is 8.54. The van der Waals surface area contributed by atoms with Crippen molar-refractivity contribution in [3.05, 3.63) is 39.5 Å². The number of carbonyl (C=O) groups is 1. The molecule has 2 aromatic rings. The van der Waals surface area contributed by atoms with Gasteiger partial charge in [0.1, 0.15) is 11.4 Å². The van der Waals surface area contributed by atoms with Crippen molar-refractivity contribution < 1.29 is 19.4 Å². The average molecular weight is 399 g/mol. The number of hydrogen-bond acceptors (Lipinski definition) is 5. The molecule has 0 radical (unpaired) electrons. The Morgan fingerprint density at radius 2 is 1.92 bits per heavy atom. The van der Waals surface area contributed by atoms with Gasteiger partial charge in [0.15, 0.2) is 5.75 Å². The molecule has 8 heteroatoms. The molecule has 0 saturated carbocycles. The number of ether oxygens (including phenoxy) is 2. The number of carbonyl (C=O) groups excluding carboxylic acids is 1. The van der Waals surface area contributed by atoms with E-state index in [4.69, 9.17) is 32.7 Å². The van der Waals surface area contributed by atoms with Crippen molar-refractivity contribution in [1.82, 2.24) is 9.78 Å². The van der Waals surface area contributed by atoms with Crippen molar-refractivity contribution in [2.75, 3.05) is 0 Å². The molecule has 1 heterocycles. The average Bonchev–Trinajstić information content (AvgIpc) is 2.74. The summed E-state index contributed by atoms with van der Waals surface area (Å²) in [6.07, 6.45) is 2.87. The molecular formula is C18H20Cl2N2O4. The third-order valence-electron chi connectivity index (χ3n) is 3.21. The van der Waals surface area contributed by atoms with Gasteiger partial charge in [-0.1, -0.05) is 23.2 Å².